The van der Waals surface area contributed by atoms with Gasteiger partial charge in [0.15, 0.2) is 0 Å². The molecule has 1 fully saturated rings. The van der Waals surface area contributed by atoms with Crippen LogP contribution in [-0.2, 0) is 4.79 Å². The van der Waals surface area contributed by atoms with Crippen LogP contribution >= 0.6 is 0 Å². The molecule has 0 radical (unpaired) electrons. The first-order chi connectivity index (χ1) is 9.43. The molecule has 2 rings (SSSR count). The molecule has 0 aromatic heterocycles. The number of nitrogens with zero attached hydrogens (tertiary/aromatic N) is 3. The van der Waals surface area contributed by atoms with Crippen molar-refractivity contribution in [3.05, 3.63) is 33.9 Å². The molecule has 1 aliphatic rings. The zero-order chi connectivity index (χ0) is 14.9. The molecule has 0 aliphatic carbocycles. The third kappa shape index (κ3) is 2.40. The first-order valence-electron chi connectivity index (χ1n) is 6.10. The molecule has 1 N–H and O–H groups in total. The van der Waals surface area contributed by atoms with Crippen molar-refractivity contribution in [3.63, 3.8) is 0 Å². The molecule has 7 nitrogen and oxygen atoms in total. The average Bonchev–Trinajstić information content (AvgIpc) is 2.80. The van der Waals surface area contributed by atoms with E-state index in [1.54, 1.807) is 4.90 Å². The molecule has 7 heteroatoms. The van der Waals surface area contributed by atoms with E-state index < -0.39 is 16.8 Å². The van der Waals surface area contributed by atoms with E-state index in [0.29, 0.717) is 18.8 Å². The van der Waals surface area contributed by atoms with Crippen molar-refractivity contribution < 1.29 is 14.8 Å². The lowest BCUT2D eigenvalue weighted by Gasteiger charge is -2.19. The Kier molecular flexibility index (Phi) is 3.57. The summed E-state index contributed by atoms with van der Waals surface area (Å²) in [6, 6.07) is 5.99. The van der Waals surface area contributed by atoms with E-state index in [1.165, 1.54) is 18.2 Å². The number of carboxylic acids is 1. The quantitative estimate of drug-likeness (QED) is 0.663. The van der Waals surface area contributed by atoms with Crippen LogP contribution < -0.4 is 4.90 Å². The lowest BCUT2D eigenvalue weighted by Crippen LogP contribution is -2.23. The van der Waals surface area contributed by atoms with Crippen LogP contribution in [-0.4, -0.2) is 29.1 Å². The molecule has 1 aromatic rings. The maximum Gasteiger partial charge on any atom is 0.308 e. The summed E-state index contributed by atoms with van der Waals surface area (Å²) in [5, 5.41) is 28.9. The Morgan fingerprint density at radius 1 is 1.55 bits per heavy atom. The maximum absolute atomic E-state index is 11.1. The molecule has 0 saturated carbocycles. The Hall–Kier alpha value is -2.62. The number of non-ortho nitro benzene ring substituents is 1. The van der Waals surface area contributed by atoms with Gasteiger partial charge in [0.25, 0.3) is 5.69 Å². The molecule has 1 heterocycles. The number of carbonyl (C=O) groups is 1. The Morgan fingerprint density at radius 3 is 2.75 bits per heavy atom. The second-order valence-electron chi connectivity index (χ2n) is 4.90. The van der Waals surface area contributed by atoms with Gasteiger partial charge in [-0.25, -0.2) is 0 Å². The molecule has 104 valence electrons. The van der Waals surface area contributed by atoms with Gasteiger partial charge in [0, 0.05) is 25.2 Å². The van der Waals surface area contributed by atoms with Crippen molar-refractivity contribution in [1.29, 1.82) is 5.26 Å². The summed E-state index contributed by atoms with van der Waals surface area (Å²) >= 11 is 0. The zero-order valence-corrected chi connectivity index (χ0v) is 10.8. The van der Waals surface area contributed by atoms with Gasteiger partial charge in [0.1, 0.15) is 6.07 Å². The smallest absolute Gasteiger partial charge is 0.308 e. The summed E-state index contributed by atoms with van der Waals surface area (Å²) in [5.41, 5.74) is 0.596. The molecule has 0 unspecified atom stereocenters. The molecule has 0 spiro atoms. The summed E-state index contributed by atoms with van der Waals surface area (Å²) in [7, 11) is 0. The van der Waals surface area contributed by atoms with Gasteiger partial charge >= 0.3 is 5.97 Å². The number of hydrogen-bond acceptors (Lipinski definition) is 5. The maximum atomic E-state index is 11.1. The highest BCUT2D eigenvalue weighted by Gasteiger charge is 2.35. The van der Waals surface area contributed by atoms with Gasteiger partial charge in [-0.2, -0.15) is 5.26 Å². The Labute approximate surface area is 115 Å². The molecular formula is C13H13N3O4. The van der Waals surface area contributed by atoms with Crippen LogP contribution in [0.5, 0.6) is 0 Å². The van der Waals surface area contributed by atoms with Gasteiger partial charge in [0.05, 0.1) is 22.1 Å². The monoisotopic (exact) mass is 275 g/mol. The van der Waals surface area contributed by atoms with Crippen LogP contribution in [0.25, 0.3) is 0 Å². The topological polar surface area (TPSA) is 107 Å². The fourth-order valence-corrected chi connectivity index (χ4v) is 2.49. The van der Waals surface area contributed by atoms with Gasteiger partial charge < -0.3 is 10.0 Å². The molecule has 2 atom stereocenters. The largest absolute Gasteiger partial charge is 0.481 e. The predicted octanol–water partition coefficient (Wildman–Crippen LogP) is 1.62. The fourth-order valence-electron chi connectivity index (χ4n) is 2.49. The van der Waals surface area contributed by atoms with E-state index in [9.17, 15) is 14.9 Å². The highest BCUT2D eigenvalue weighted by Crippen LogP contribution is 2.32. The molecule has 1 saturated heterocycles. The second-order valence-corrected chi connectivity index (χ2v) is 4.90. The van der Waals surface area contributed by atoms with Crippen molar-refractivity contribution in [2.75, 3.05) is 18.0 Å². The number of carboxylic acid groups (broad SMARTS) is 1. The summed E-state index contributed by atoms with van der Waals surface area (Å²) in [6.45, 7) is 2.67. The number of hydrogen-bond donors (Lipinski definition) is 1. The summed E-state index contributed by atoms with van der Waals surface area (Å²) < 4.78 is 0. The van der Waals surface area contributed by atoms with Crippen molar-refractivity contribution in [1.82, 2.24) is 0 Å². The Balaban J connectivity index is 2.33. The fraction of sp³-hybridized carbons (Fsp3) is 0.385. The normalized spacial score (nSPS) is 21.5. The third-order valence-electron chi connectivity index (χ3n) is 3.58. The zero-order valence-electron chi connectivity index (χ0n) is 10.8. The first-order valence-corrected chi connectivity index (χ1v) is 6.10. The van der Waals surface area contributed by atoms with E-state index in [0.717, 1.165) is 0 Å². The van der Waals surface area contributed by atoms with E-state index in [1.807, 2.05) is 13.0 Å². The second kappa shape index (κ2) is 5.17. The molecule has 1 aliphatic heterocycles. The summed E-state index contributed by atoms with van der Waals surface area (Å²) in [4.78, 5) is 23.0. The minimum absolute atomic E-state index is 0.0331. The van der Waals surface area contributed by atoms with Crippen LogP contribution in [0.3, 0.4) is 0 Å². The van der Waals surface area contributed by atoms with Crippen molar-refractivity contribution in [3.8, 4) is 6.07 Å². The summed E-state index contributed by atoms with van der Waals surface area (Å²) in [6.07, 6.45) is 0. The van der Waals surface area contributed by atoms with E-state index in [4.69, 9.17) is 10.4 Å². The Morgan fingerprint density at radius 2 is 2.25 bits per heavy atom. The lowest BCUT2D eigenvalue weighted by molar-refractivity contribution is -0.384. The van der Waals surface area contributed by atoms with Crippen molar-refractivity contribution in [2.24, 2.45) is 11.8 Å². The highest BCUT2D eigenvalue weighted by atomic mass is 16.6. The van der Waals surface area contributed by atoms with Gasteiger partial charge in [-0.3, -0.25) is 14.9 Å². The van der Waals surface area contributed by atoms with E-state index in [-0.39, 0.29) is 17.2 Å². The van der Waals surface area contributed by atoms with Crippen LogP contribution in [0.15, 0.2) is 18.2 Å². The van der Waals surface area contributed by atoms with Gasteiger partial charge in [-0.1, -0.05) is 6.92 Å². The number of nitriles is 1. The highest BCUT2D eigenvalue weighted by molar-refractivity contribution is 5.73. The van der Waals surface area contributed by atoms with Crippen LogP contribution in [0, 0.1) is 33.3 Å². The summed E-state index contributed by atoms with van der Waals surface area (Å²) in [5.74, 6) is -1.38. The molecular weight excluding hydrogens is 262 g/mol. The van der Waals surface area contributed by atoms with Crippen molar-refractivity contribution >= 4 is 17.3 Å². The third-order valence-corrected chi connectivity index (χ3v) is 3.58. The SMILES string of the molecule is C[C@@H]1CN(c2ccc([N+](=O)[O-])cc2C#N)C[C@H]1C(=O)O. The van der Waals surface area contributed by atoms with Crippen LogP contribution in [0.4, 0.5) is 11.4 Å². The van der Waals surface area contributed by atoms with Crippen LogP contribution in [0.2, 0.25) is 0 Å². The molecule has 0 bridgehead atoms. The average molecular weight is 275 g/mol. The van der Waals surface area contributed by atoms with E-state index in [2.05, 4.69) is 0 Å². The molecule has 0 amide bonds. The molecule has 20 heavy (non-hydrogen) atoms. The predicted molar refractivity (Wildman–Crippen MR) is 70.3 cm³/mol. The lowest BCUT2D eigenvalue weighted by atomic mass is 9.99. The van der Waals surface area contributed by atoms with Crippen LogP contribution in [0.1, 0.15) is 12.5 Å². The van der Waals surface area contributed by atoms with Gasteiger partial charge in [-0.05, 0) is 12.0 Å². The number of benzene rings is 1. The van der Waals surface area contributed by atoms with Crippen molar-refractivity contribution in [2.45, 2.75) is 6.92 Å². The number of rotatable bonds is 3. The number of aliphatic carboxylic acids is 1. The number of nitro groups is 1. The van der Waals surface area contributed by atoms with Gasteiger partial charge in [0.2, 0.25) is 0 Å². The minimum Gasteiger partial charge on any atom is -0.481 e. The Bertz CT molecular complexity index is 608. The number of nitro benzene ring substituents is 1. The van der Waals surface area contributed by atoms with Gasteiger partial charge in [-0.15, -0.1) is 0 Å². The number of anilines is 1. The first kappa shape index (κ1) is 13.8. The minimum atomic E-state index is -0.861. The van der Waals surface area contributed by atoms with E-state index >= 15 is 0 Å². The molecule has 1 aromatic carbocycles. The standard InChI is InChI=1S/C13H13N3O4/c1-8-6-15(7-11(8)13(17)18)12-3-2-10(16(19)20)4-9(12)5-14/h2-4,8,11H,6-7H2,1H3,(H,17,18)/t8-,11-/m1/s1.